The molecule has 0 spiro atoms. The number of aryl methyl sites for hydroxylation is 1. The van der Waals surface area contributed by atoms with Crippen LogP contribution < -0.4 is 5.32 Å². The maximum Gasteiger partial charge on any atom is 0.291 e. The van der Waals surface area contributed by atoms with Crippen molar-refractivity contribution >= 4 is 21.8 Å². The summed E-state index contributed by atoms with van der Waals surface area (Å²) >= 11 is 3.37. The molecule has 5 heteroatoms. The Kier molecular flexibility index (Phi) is 4.64. The molecule has 2 aromatic rings. The van der Waals surface area contributed by atoms with Gasteiger partial charge in [0.05, 0.1) is 16.8 Å². The number of piperazine rings is 1. The van der Waals surface area contributed by atoms with E-state index in [0.717, 1.165) is 25.1 Å². The van der Waals surface area contributed by atoms with Crippen LogP contribution in [0.25, 0.3) is 0 Å². The number of nitrogens with zero attached hydrogens (tertiary/aromatic N) is 1. The minimum absolute atomic E-state index is 0.0316. The van der Waals surface area contributed by atoms with Crippen LogP contribution in [-0.4, -0.2) is 30.4 Å². The van der Waals surface area contributed by atoms with Gasteiger partial charge in [0, 0.05) is 19.6 Å². The zero-order valence-corrected chi connectivity index (χ0v) is 14.1. The lowest BCUT2D eigenvalue weighted by Gasteiger charge is -2.36. The van der Waals surface area contributed by atoms with Gasteiger partial charge in [-0.1, -0.05) is 31.2 Å². The Bertz CT molecular complexity index is 651. The van der Waals surface area contributed by atoms with E-state index in [2.05, 4.69) is 52.4 Å². The quantitative estimate of drug-likeness (QED) is 0.909. The van der Waals surface area contributed by atoms with Crippen LogP contribution in [0.2, 0.25) is 0 Å². The first kappa shape index (κ1) is 15.3. The summed E-state index contributed by atoms with van der Waals surface area (Å²) in [5, 5.41) is 3.37. The van der Waals surface area contributed by atoms with E-state index in [1.54, 1.807) is 6.07 Å². The van der Waals surface area contributed by atoms with Crippen LogP contribution in [0.15, 0.2) is 45.5 Å². The number of halogens is 1. The van der Waals surface area contributed by atoms with Crippen molar-refractivity contribution in [1.29, 1.82) is 0 Å². The average molecular weight is 363 g/mol. The molecule has 0 saturated carbocycles. The number of rotatable bonds is 3. The predicted molar refractivity (Wildman–Crippen MR) is 88.9 cm³/mol. The molecular weight excluding hydrogens is 344 g/mol. The number of carbonyl (C=O) groups is 1. The monoisotopic (exact) mass is 362 g/mol. The van der Waals surface area contributed by atoms with Crippen molar-refractivity contribution in [2.75, 3.05) is 19.6 Å². The second-order valence-electron chi connectivity index (χ2n) is 5.41. The van der Waals surface area contributed by atoms with Crippen LogP contribution in [0.5, 0.6) is 0 Å². The van der Waals surface area contributed by atoms with Crippen LogP contribution in [-0.2, 0) is 6.42 Å². The standard InChI is InChI=1S/C17H19BrN2O2/c1-2-12-3-5-13(6-4-12)15-11-19-8-9-20(15)17(21)16-14(18)7-10-22-16/h3-7,10,15,19H,2,8-9,11H2,1H3. The Hall–Kier alpha value is -1.59. The molecular formula is C17H19BrN2O2. The summed E-state index contributed by atoms with van der Waals surface area (Å²) in [6, 6.07) is 10.3. The fourth-order valence-corrected chi connectivity index (χ4v) is 3.17. The van der Waals surface area contributed by atoms with Crippen LogP contribution in [0, 0.1) is 0 Å². The normalized spacial score (nSPS) is 18.5. The van der Waals surface area contributed by atoms with E-state index in [1.165, 1.54) is 11.8 Å². The van der Waals surface area contributed by atoms with Gasteiger partial charge < -0.3 is 14.6 Å². The first-order chi connectivity index (χ1) is 10.7. The van der Waals surface area contributed by atoms with Crippen molar-refractivity contribution in [3.63, 3.8) is 0 Å². The fourth-order valence-electron chi connectivity index (χ4n) is 2.80. The summed E-state index contributed by atoms with van der Waals surface area (Å²) in [7, 11) is 0. The Morgan fingerprint density at radius 3 is 2.77 bits per heavy atom. The van der Waals surface area contributed by atoms with Crippen molar-refractivity contribution in [3.8, 4) is 0 Å². The van der Waals surface area contributed by atoms with Gasteiger partial charge in [0.1, 0.15) is 0 Å². The van der Waals surface area contributed by atoms with E-state index >= 15 is 0 Å². The van der Waals surface area contributed by atoms with Crippen molar-refractivity contribution < 1.29 is 9.21 Å². The summed E-state index contributed by atoms with van der Waals surface area (Å²) in [5.41, 5.74) is 2.46. The van der Waals surface area contributed by atoms with Crippen molar-refractivity contribution in [2.45, 2.75) is 19.4 Å². The summed E-state index contributed by atoms with van der Waals surface area (Å²) < 4.78 is 6.05. The Labute approximate surface area is 138 Å². The SMILES string of the molecule is CCc1ccc(C2CNCCN2C(=O)c2occc2Br)cc1. The number of hydrogen-bond donors (Lipinski definition) is 1. The molecule has 0 aliphatic carbocycles. The molecule has 1 aliphatic heterocycles. The van der Waals surface area contributed by atoms with Crippen molar-refractivity contribution in [3.05, 3.63) is 58.0 Å². The topological polar surface area (TPSA) is 45.5 Å². The second kappa shape index (κ2) is 6.67. The van der Waals surface area contributed by atoms with Crippen molar-refractivity contribution in [2.24, 2.45) is 0 Å². The first-order valence-electron chi connectivity index (χ1n) is 7.54. The molecule has 1 amide bonds. The van der Waals surface area contributed by atoms with Crippen LogP contribution in [0.1, 0.15) is 34.6 Å². The molecule has 1 fully saturated rings. The minimum Gasteiger partial charge on any atom is -0.458 e. The van der Waals surface area contributed by atoms with E-state index in [1.807, 2.05) is 4.90 Å². The fraction of sp³-hybridized carbons (Fsp3) is 0.353. The Morgan fingerprint density at radius 1 is 1.36 bits per heavy atom. The van der Waals surface area contributed by atoms with Gasteiger partial charge in [-0.05, 0) is 39.5 Å². The lowest BCUT2D eigenvalue weighted by Crippen LogP contribution is -2.48. The van der Waals surface area contributed by atoms with Gasteiger partial charge in [-0.25, -0.2) is 0 Å². The van der Waals surface area contributed by atoms with Crippen LogP contribution in [0.3, 0.4) is 0 Å². The van der Waals surface area contributed by atoms with Gasteiger partial charge in [-0.2, -0.15) is 0 Å². The Balaban J connectivity index is 1.87. The van der Waals surface area contributed by atoms with Crippen LogP contribution >= 0.6 is 15.9 Å². The number of nitrogens with one attached hydrogen (secondary N) is 1. The number of amides is 1. The summed E-state index contributed by atoms with van der Waals surface area (Å²) in [4.78, 5) is 14.7. The Morgan fingerprint density at radius 2 is 2.14 bits per heavy atom. The molecule has 0 bridgehead atoms. The molecule has 4 nitrogen and oxygen atoms in total. The predicted octanol–water partition coefficient (Wildman–Crippen LogP) is 3.39. The van der Waals surface area contributed by atoms with E-state index in [9.17, 15) is 4.79 Å². The highest BCUT2D eigenvalue weighted by atomic mass is 79.9. The zero-order valence-electron chi connectivity index (χ0n) is 12.5. The van der Waals surface area contributed by atoms with Gasteiger partial charge >= 0.3 is 0 Å². The highest BCUT2D eigenvalue weighted by Gasteiger charge is 2.31. The van der Waals surface area contributed by atoms with Crippen molar-refractivity contribution in [1.82, 2.24) is 10.2 Å². The first-order valence-corrected chi connectivity index (χ1v) is 8.33. The van der Waals surface area contributed by atoms with E-state index in [-0.39, 0.29) is 11.9 Å². The molecule has 1 aromatic heterocycles. The number of carbonyl (C=O) groups excluding carboxylic acids is 1. The van der Waals surface area contributed by atoms with Gasteiger partial charge in [0.2, 0.25) is 5.76 Å². The lowest BCUT2D eigenvalue weighted by atomic mass is 10.0. The zero-order chi connectivity index (χ0) is 15.5. The smallest absolute Gasteiger partial charge is 0.291 e. The summed E-state index contributed by atoms with van der Waals surface area (Å²) in [5.74, 6) is 0.306. The molecule has 1 aromatic carbocycles. The minimum atomic E-state index is -0.0667. The molecule has 1 unspecified atom stereocenters. The number of benzene rings is 1. The van der Waals surface area contributed by atoms with Gasteiger partial charge in [-0.3, -0.25) is 4.79 Å². The third kappa shape index (κ3) is 2.96. The third-order valence-electron chi connectivity index (χ3n) is 4.09. The van der Waals surface area contributed by atoms with Crippen LogP contribution in [0.4, 0.5) is 0 Å². The second-order valence-corrected chi connectivity index (χ2v) is 6.27. The molecule has 3 rings (SSSR count). The van der Waals surface area contributed by atoms with Gasteiger partial charge in [0.15, 0.2) is 0 Å². The van der Waals surface area contributed by atoms with E-state index in [4.69, 9.17) is 4.42 Å². The highest BCUT2D eigenvalue weighted by molar-refractivity contribution is 9.10. The molecule has 1 aliphatic rings. The molecule has 1 N–H and O–H groups in total. The molecule has 0 radical (unpaired) electrons. The van der Waals surface area contributed by atoms with E-state index in [0.29, 0.717) is 16.8 Å². The summed E-state index contributed by atoms with van der Waals surface area (Å²) in [6.07, 6.45) is 2.55. The molecule has 116 valence electrons. The van der Waals surface area contributed by atoms with Gasteiger partial charge in [-0.15, -0.1) is 0 Å². The molecule has 1 saturated heterocycles. The maximum atomic E-state index is 12.8. The molecule has 1 atom stereocenters. The maximum absolute atomic E-state index is 12.8. The molecule has 22 heavy (non-hydrogen) atoms. The molecule has 2 heterocycles. The van der Waals surface area contributed by atoms with Gasteiger partial charge in [0.25, 0.3) is 5.91 Å². The third-order valence-corrected chi connectivity index (χ3v) is 4.71. The lowest BCUT2D eigenvalue weighted by molar-refractivity contribution is 0.0600. The largest absolute Gasteiger partial charge is 0.458 e. The average Bonchev–Trinajstić information content (AvgIpc) is 3.00. The van der Waals surface area contributed by atoms with E-state index < -0.39 is 0 Å². The number of furan rings is 1. The summed E-state index contributed by atoms with van der Waals surface area (Å²) in [6.45, 7) is 4.37. The number of hydrogen-bond acceptors (Lipinski definition) is 3. The highest BCUT2D eigenvalue weighted by Crippen LogP contribution is 2.27.